The number of benzene rings is 2. The number of anilines is 1. The monoisotopic (exact) mass is 368 g/mol. The highest BCUT2D eigenvalue weighted by molar-refractivity contribution is 6.30. The maximum Gasteiger partial charge on any atom is 0.230 e. The fraction of sp³-hybridized carbons (Fsp3) is 0.409. The highest BCUT2D eigenvalue weighted by atomic mass is 35.5. The van der Waals surface area contributed by atoms with Gasteiger partial charge in [0.2, 0.25) is 5.91 Å². The Morgan fingerprint density at radius 3 is 2.23 bits per heavy atom. The molecule has 0 N–H and O–H groups in total. The Morgan fingerprint density at radius 2 is 1.62 bits per heavy atom. The smallest absolute Gasteiger partial charge is 0.230 e. The van der Waals surface area contributed by atoms with E-state index in [1.54, 1.807) is 0 Å². The molecule has 1 heterocycles. The minimum Gasteiger partial charge on any atom is -0.309 e. The van der Waals surface area contributed by atoms with E-state index in [-0.39, 0.29) is 12.0 Å². The fourth-order valence-corrected chi connectivity index (χ4v) is 3.95. The van der Waals surface area contributed by atoms with E-state index in [0.29, 0.717) is 10.9 Å². The maximum atomic E-state index is 12.9. The van der Waals surface area contributed by atoms with Crippen LogP contribution < -0.4 is 4.90 Å². The molecule has 1 aliphatic carbocycles. The van der Waals surface area contributed by atoms with Gasteiger partial charge in [0.05, 0.1) is 0 Å². The summed E-state index contributed by atoms with van der Waals surface area (Å²) in [7, 11) is 0. The average molecular weight is 369 g/mol. The van der Waals surface area contributed by atoms with Gasteiger partial charge < -0.3 is 4.90 Å². The first-order valence-electron chi connectivity index (χ1n) is 9.55. The van der Waals surface area contributed by atoms with Gasteiger partial charge >= 0.3 is 0 Å². The van der Waals surface area contributed by atoms with Crippen molar-refractivity contribution in [2.24, 2.45) is 5.92 Å². The van der Waals surface area contributed by atoms with Gasteiger partial charge in [0, 0.05) is 42.3 Å². The van der Waals surface area contributed by atoms with E-state index in [9.17, 15) is 4.79 Å². The second-order valence-corrected chi connectivity index (χ2v) is 7.89. The number of halogens is 1. The molecule has 0 radical (unpaired) electrons. The van der Waals surface area contributed by atoms with Crippen LogP contribution in [0.25, 0.3) is 0 Å². The van der Waals surface area contributed by atoms with Crippen LogP contribution in [0.3, 0.4) is 0 Å². The third-order valence-corrected chi connectivity index (χ3v) is 5.69. The molecule has 1 amide bonds. The van der Waals surface area contributed by atoms with Crippen LogP contribution in [0.4, 0.5) is 5.69 Å². The zero-order chi connectivity index (χ0) is 17.9. The molecule has 0 spiro atoms. The number of hydrogen-bond donors (Lipinski definition) is 0. The summed E-state index contributed by atoms with van der Waals surface area (Å²) in [5.74, 6) is 0.529. The number of nitrogens with zero attached hydrogens (tertiary/aromatic N) is 2. The van der Waals surface area contributed by atoms with Gasteiger partial charge in [-0.15, -0.1) is 0 Å². The van der Waals surface area contributed by atoms with Crippen molar-refractivity contribution in [1.29, 1.82) is 0 Å². The van der Waals surface area contributed by atoms with Crippen LogP contribution in [-0.4, -0.2) is 29.9 Å². The Balaban J connectivity index is 1.44. The predicted molar refractivity (Wildman–Crippen MR) is 106 cm³/mol. The Kier molecular flexibility index (Phi) is 5.28. The number of carbonyl (C=O) groups is 1. The summed E-state index contributed by atoms with van der Waals surface area (Å²) in [6, 6.07) is 18.6. The van der Waals surface area contributed by atoms with E-state index < -0.39 is 0 Å². The third-order valence-electron chi connectivity index (χ3n) is 5.44. The van der Waals surface area contributed by atoms with Gasteiger partial charge in [-0.1, -0.05) is 41.9 Å². The van der Waals surface area contributed by atoms with Crippen molar-refractivity contribution in [1.82, 2.24) is 4.90 Å². The summed E-state index contributed by atoms with van der Waals surface area (Å²) in [5, 5.41) is 0.713. The van der Waals surface area contributed by atoms with E-state index >= 15 is 0 Å². The second kappa shape index (κ2) is 7.81. The highest BCUT2D eigenvalue weighted by Gasteiger charge is 2.38. The number of rotatable bonds is 5. The summed E-state index contributed by atoms with van der Waals surface area (Å²) >= 11 is 6.04. The summed E-state index contributed by atoms with van der Waals surface area (Å²) in [4.78, 5) is 17.5. The molecule has 0 aromatic heterocycles. The largest absolute Gasteiger partial charge is 0.309 e. The quantitative estimate of drug-likeness (QED) is 0.760. The molecule has 0 atom stereocenters. The zero-order valence-corrected chi connectivity index (χ0v) is 15.7. The molecule has 2 fully saturated rings. The topological polar surface area (TPSA) is 23.6 Å². The minimum absolute atomic E-state index is 0.230. The van der Waals surface area contributed by atoms with Crippen LogP contribution in [0.1, 0.15) is 31.2 Å². The van der Waals surface area contributed by atoms with Gasteiger partial charge in [-0.05, 0) is 55.5 Å². The first-order valence-corrected chi connectivity index (χ1v) is 9.93. The van der Waals surface area contributed by atoms with Gasteiger partial charge in [0.15, 0.2) is 0 Å². The van der Waals surface area contributed by atoms with Crippen LogP contribution in [0, 0.1) is 5.92 Å². The Labute approximate surface area is 160 Å². The maximum absolute atomic E-state index is 12.9. The lowest BCUT2D eigenvalue weighted by atomic mass is 10.0. The van der Waals surface area contributed by atoms with Gasteiger partial charge in [0.1, 0.15) is 0 Å². The molecule has 3 nitrogen and oxygen atoms in total. The second-order valence-electron chi connectivity index (χ2n) is 7.45. The Morgan fingerprint density at radius 1 is 0.962 bits per heavy atom. The Hall–Kier alpha value is -1.84. The van der Waals surface area contributed by atoms with Crippen molar-refractivity contribution in [2.75, 3.05) is 18.0 Å². The van der Waals surface area contributed by atoms with E-state index in [1.807, 2.05) is 24.3 Å². The van der Waals surface area contributed by atoms with Crippen LogP contribution in [0.15, 0.2) is 54.6 Å². The van der Waals surface area contributed by atoms with E-state index in [1.165, 1.54) is 5.56 Å². The van der Waals surface area contributed by atoms with E-state index in [0.717, 1.165) is 51.0 Å². The lowest BCUT2D eigenvalue weighted by molar-refractivity contribution is -0.120. The van der Waals surface area contributed by atoms with Crippen molar-refractivity contribution in [3.63, 3.8) is 0 Å². The first kappa shape index (κ1) is 17.6. The molecule has 4 heteroatoms. The normalized spacial score (nSPS) is 18.7. The minimum atomic E-state index is 0.230. The van der Waals surface area contributed by atoms with Gasteiger partial charge in [0.25, 0.3) is 0 Å². The van der Waals surface area contributed by atoms with Crippen molar-refractivity contribution in [3.8, 4) is 0 Å². The summed E-state index contributed by atoms with van der Waals surface area (Å²) in [6.07, 6.45) is 4.12. The van der Waals surface area contributed by atoms with E-state index in [4.69, 9.17) is 11.6 Å². The molecule has 136 valence electrons. The highest BCUT2D eigenvalue weighted by Crippen LogP contribution is 2.35. The zero-order valence-electron chi connectivity index (χ0n) is 15.0. The lowest BCUT2D eigenvalue weighted by Gasteiger charge is -2.39. The van der Waals surface area contributed by atoms with Crippen LogP contribution >= 0.6 is 11.6 Å². The molecule has 0 unspecified atom stereocenters. The van der Waals surface area contributed by atoms with Crippen LogP contribution in [-0.2, 0) is 11.3 Å². The molecule has 1 aliphatic heterocycles. The summed E-state index contributed by atoms with van der Waals surface area (Å²) in [6.45, 7) is 3.05. The molecule has 2 aromatic rings. The van der Waals surface area contributed by atoms with Gasteiger partial charge in [-0.25, -0.2) is 0 Å². The van der Waals surface area contributed by atoms with Gasteiger partial charge in [-0.3, -0.25) is 9.69 Å². The Bertz CT molecular complexity index is 734. The van der Waals surface area contributed by atoms with Crippen LogP contribution in [0.5, 0.6) is 0 Å². The van der Waals surface area contributed by atoms with E-state index in [2.05, 4.69) is 40.1 Å². The molecule has 26 heavy (non-hydrogen) atoms. The van der Waals surface area contributed by atoms with Crippen molar-refractivity contribution in [2.45, 2.75) is 38.3 Å². The number of amides is 1. The predicted octanol–water partition coefficient (Wildman–Crippen LogP) is 4.75. The van der Waals surface area contributed by atoms with Crippen molar-refractivity contribution >= 4 is 23.2 Å². The number of piperidine rings is 1. The summed E-state index contributed by atoms with van der Waals surface area (Å²) in [5.41, 5.74) is 2.35. The molecule has 2 aromatic carbocycles. The fourth-order valence-electron chi connectivity index (χ4n) is 3.82. The molecule has 1 saturated heterocycles. The third kappa shape index (κ3) is 4.11. The molecular weight excluding hydrogens is 344 g/mol. The molecule has 4 rings (SSSR count). The molecule has 2 aliphatic rings. The lowest BCUT2D eigenvalue weighted by Crippen LogP contribution is -2.48. The van der Waals surface area contributed by atoms with Crippen molar-refractivity contribution < 1.29 is 4.79 Å². The van der Waals surface area contributed by atoms with Crippen molar-refractivity contribution in [3.05, 3.63) is 65.2 Å². The number of likely N-dealkylation sites (tertiary alicyclic amines) is 1. The van der Waals surface area contributed by atoms with Gasteiger partial charge in [-0.2, -0.15) is 0 Å². The van der Waals surface area contributed by atoms with Crippen LogP contribution in [0.2, 0.25) is 5.02 Å². The first-order chi connectivity index (χ1) is 12.7. The summed E-state index contributed by atoms with van der Waals surface area (Å²) < 4.78 is 0. The number of carbonyl (C=O) groups excluding carboxylic acids is 1. The SMILES string of the molecule is O=C(C1CC1)N(c1ccc(Cl)cc1)C1CCN(Cc2ccccc2)CC1. The average Bonchev–Trinajstić information content (AvgIpc) is 3.51. The molecular formula is C22H25ClN2O. The standard InChI is InChI=1S/C22H25ClN2O/c23-19-8-10-20(11-9-19)25(22(26)18-6-7-18)21-12-14-24(15-13-21)16-17-4-2-1-3-5-17/h1-5,8-11,18,21H,6-7,12-16H2. The molecule has 1 saturated carbocycles. The number of hydrogen-bond acceptors (Lipinski definition) is 2. The molecule has 0 bridgehead atoms.